The van der Waals surface area contributed by atoms with Gasteiger partial charge < -0.3 is 4.90 Å². The minimum Gasteiger partial charge on any atom is -0.355 e. The molecular formula is C12H16Cl2N2. The molecule has 1 aromatic heterocycles. The fraction of sp³-hybridized carbons (Fsp3) is 0.583. The molecule has 0 saturated heterocycles. The Labute approximate surface area is 107 Å². The number of hydrogen-bond donors (Lipinski definition) is 0. The molecule has 0 N–H and O–H groups in total. The average molecular weight is 259 g/mol. The number of pyridine rings is 1. The second-order valence-corrected chi connectivity index (χ2v) is 5.01. The maximum absolute atomic E-state index is 6.22. The third-order valence-electron chi connectivity index (χ3n) is 3.24. The predicted octanol–water partition coefficient (Wildman–Crippen LogP) is 3.85. The highest BCUT2D eigenvalue weighted by atomic mass is 35.5. The summed E-state index contributed by atoms with van der Waals surface area (Å²) in [6, 6.07) is 2.49. The second kappa shape index (κ2) is 5.24. The van der Waals surface area contributed by atoms with Gasteiger partial charge in [0, 0.05) is 25.2 Å². The smallest absolute Gasteiger partial charge is 0.147 e. The second-order valence-electron chi connectivity index (χ2n) is 4.33. The summed E-state index contributed by atoms with van der Waals surface area (Å²) in [5.74, 6) is 1.34. The van der Waals surface area contributed by atoms with Crippen molar-refractivity contribution in [3.63, 3.8) is 0 Å². The molecule has 16 heavy (non-hydrogen) atoms. The highest BCUT2D eigenvalue weighted by molar-refractivity contribution is 6.33. The maximum atomic E-state index is 6.22. The highest BCUT2D eigenvalue weighted by Gasteiger charge is 2.22. The molecule has 0 aromatic carbocycles. The van der Waals surface area contributed by atoms with E-state index in [0.29, 0.717) is 16.9 Å². The van der Waals surface area contributed by atoms with Gasteiger partial charge >= 0.3 is 0 Å². The third-order valence-corrected chi connectivity index (χ3v) is 3.83. The van der Waals surface area contributed by atoms with Gasteiger partial charge in [0.15, 0.2) is 0 Å². The van der Waals surface area contributed by atoms with E-state index in [-0.39, 0.29) is 0 Å². The van der Waals surface area contributed by atoms with Crippen LogP contribution in [0.2, 0.25) is 5.02 Å². The third kappa shape index (κ3) is 2.44. The predicted molar refractivity (Wildman–Crippen MR) is 69.5 cm³/mol. The molecule has 0 atom stereocenters. The van der Waals surface area contributed by atoms with Crippen molar-refractivity contribution in [2.24, 2.45) is 0 Å². The first-order valence-corrected chi connectivity index (χ1v) is 6.57. The van der Waals surface area contributed by atoms with Crippen molar-refractivity contribution in [3.8, 4) is 0 Å². The van der Waals surface area contributed by atoms with Crippen LogP contribution < -0.4 is 4.90 Å². The van der Waals surface area contributed by atoms with Gasteiger partial charge in [-0.25, -0.2) is 4.98 Å². The van der Waals surface area contributed by atoms with Gasteiger partial charge in [-0.15, -0.1) is 11.6 Å². The molecule has 0 unspecified atom stereocenters. The minimum atomic E-state index is 0.458. The van der Waals surface area contributed by atoms with Gasteiger partial charge in [0.25, 0.3) is 0 Å². The highest BCUT2D eigenvalue weighted by Crippen LogP contribution is 2.30. The van der Waals surface area contributed by atoms with Crippen LogP contribution in [0.15, 0.2) is 12.3 Å². The Balaban J connectivity index is 2.19. The quantitative estimate of drug-likeness (QED) is 0.766. The molecule has 0 bridgehead atoms. The van der Waals surface area contributed by atoms with E-state index in [1.165, 1.54) is 25.7 Å². The zero-order valence-corrected chi connectivity index (χ0v) is 10.9. The van der Waals surface area contributed by atoms with Crippen molar-refractivity contribution in [3.05, 3.63) is 22.8 Å². The fourth-order valence-corrected chi connectivity index (χ4v) is 2.74. The Bertz CT molecular complexity index is 362. The molecule has 2 rings (SSSR count). The van der Waals surface area contributed by atoms with Crippen molar-refractivity contribution < 1.29 is 0 Å². The van der Waals surface area contributed by atoms with Crippen molar-refractivity contribution in [2.45, 2.75) is 37.6 Å². The zero-order valence-electron chi connectivity index (χ0n) is 9.42. The number of rotatable bonds is 3. The van der Waals surface area contributed by atoms with Crippen molar-refractivity contribution in [2.75, 3.05) is 11.9 Å². The van der Waals surface area contributed by atoms with Gasteiger partial charge in [-0.2, -0.15) is 0 Å². The van der Waals surface area contributed by atoms with E-state index in [1.54, 1.807) is 6.20 Å². The van der Waals surface area contributed by atoms with Crippen LogP contribution in [-0.4, -0.2) is 18.1 Å². The summed E-state index contributed by atoms with van der Waals surface area (Å²) in [5.41, 5.74) is 0.968. The first-order valence-electron chi connectivity index (χ1n) is 5.65. The first-order chi connectivity index (χ1) is 7.72. The van der Waals surface area contributed by atoms with Crippen LogP contribution in [0.25, 0.3) is 0 Å². The van der Waals surface area contributed by atoms with Gasteiger partial charge in [0.05, 0.1) is 5.02 Å². The molecule has 0 amide bonds. The molecule has 0 spiro atoms. The van der Waals surface area contributed by atoms with Crippen LogP contribution in [0, 0.1) is 0 Å². The summed E-state index contributed by atoms with van der Waals surface area (Å²) >= 11 is 12.0. The standard InChI is InChI=1S/C12H16Cl2N2/c1-16(10-4-2-3-5-10)12-11(14)6-9(7-13)8-15-12/h6,8,10H,2-5,7H2,1H3. The molecule has 1 aliphatic carbocycles. The minimum absolute atomic E-state index is 0.458. The van der Waals surface area contributed by atoms with E-state index in [0.717, 1.165) is 11.4 Å². The summed E-state index contributed by atoms with van der Waals surface area (Å²) in [6.07, 6.45) is 6.91. The lowest BCUT2D eigenvalue weighted by Gasteiger charge is -2.26. The monoisotopic (exact) mass is 258 g/mol. The molecule has 0 radical (unpaired) electrons. The lowest BCUT2D eigenvalue weighted by atomic mass is 10.2. The van der Waals surface area contributed by atoms with Crippen LogP contribution in [-0.2, 0) is 5.88 Å². The summed E-state index contributed by atoms with van der Waals surface area (Å²) in [5, 5.41) is 0.701. The lowest BCUT2D eigenvalue weighted by molar-refractivity contribution is 0.646. The van der Waals surface area contributed by atoms with Gasteiger partial charge in [-0.3, -0.25) is 0 Å². The molecule has 1 heterocycles. The van der Waals surface area contributed by atoms with E-state index in [4.69, 9.17) is 23.2 Å². The number of alkyl halides is 1. The Morgan fingerprint density at radius 1 is 1.44 bits per heavy atom. The molecule has 1 aromatic rings. The van der Waals surface area contributed by atoms with Crippen LogP contribution in [0.1, 0.15) is 31.2 Å². The van der Waals surface area contributed by atoms with Crippen LogP contribution in [0.5, 0.6) is 0 Å². The number of anilines is 1. The summed E-state index contributed by atoms with van der Waals surface area (Å²) < 4.78 is 0. The van der Waals surface area contributed by atoms with Crippen LogP contribution in [0.4, 0.5) is 5.82 Å². The van der Waals surface area contributed by atoms with Crippen LogP contribution in [0.3, 0.4) is 0 Å². The number of hydrogen-bond acceptors (Lipinski definition) is 2. The average Bonchev–Trinajstić information content (AvgIpc) is 2.81. The molecular weight excluding hydrogens is 243 g/mol. The number of nitrogens with zero attached hydrogens (tertiary/aromatic N) is 2. The number of aromatic nitrogens is 1. The molecule has 0 aliphatic heterocycles. The summed E-state index contributed by atoms with van der Waals surface area (Å²) in [4.78, 5) is 6.60. The van der Waals surface area contributed by atoms with Crippen molar-refractivity contribution in [1.29, 1.82) is 0 Å². The molecule has 4 heteroatoms. The first kappa shape index (κ1) is 12.0. The van der Waals surface area contributed by atoms with Crippen molar-refractivity contribution in [1.82, 2.24) is 4.98 Å². The summed E-state index contributed by atoms with van der Waals surface area (Å²) in [6.45, 7) is 0. The molecule has 1 saturated carbocycles. The Hall–Kier alpha value is -0.470. The fourth-order valence-electron chi connectivity index (χ4n) is 2.27. The SMILES string of the molecule is CN(c1ncc(CCl)cc1Cl)C1CCCC1. The zero-order chi connectivity index (χ0) is 11.5. The van der Waals surface area contributed by atoms with Gasteiger partial charge in [0.2, 0.25) is 0 Å². The van der Waals surface area contributed by atoms with E-state index < -0.39 is 0 Å². The van der Waals surface area contributed by atoms with Gasteiger partial charge in [-0.05, 0) is 24.5 Å². The van der Waals surface area contributed by atoms with Crippen LogP contribution >= 0.6 is 23.2 Å². The van der Waals surface area contributed by atoms with E-state index in [1.807, 2.05) is 6.07 Å². The normalized spacial score (nSPS) is 16.7. The van der Waals surface area contributed by atoms with Gasteiger partial charge in [-0.1, -0.05) is 24.4 Å². The lowest BCUT2D eigenvalue weighted by Crippen LogP contribution is -2.29. The Morgan fingerprint density at radius 2 is 2.12 bits per heavy atom. The van der Waals surface area contributed by atoms with E-state index >= 15 is 0 Å². The molecule has 1 aliphatic rings. The molecule has 88 valence electrons. The van der Waals surface area contributed by atoms with Crippen molar-refractivity contribution >= 4 is 29.0 Å². The van der Waals surface area contributed by atoms with Gasteiger partial charge in [0.1, 0.15) is 5.82 Å². The number of halogens is 2. The molecule has 1 fully saturated rings. The largest absolute Gasteiger partial charge is 0.355 e. The van der Waals surface area contributed by atoms with E-state index in [2.05, 4.69) is 16.9 Å². The summed E-state index contributed by atoms with van der Waals surface area (Å²) in [7, 11) is 2.07. The topological polar surface area (TPSA) is 16.1 Å². The maximum Gasteiger partial charge on any atom is 0.147 e. The van der Waals surface area contributed by atoms with E-state index in [9.17, 15) is 0 Å². The Kier molecular flexibility index (Phi) is 3.93. The molecule has 2 nitrogen and oxygen atoms in total. The Morgan fingerprint density at radius 3 is 2.69 bits per heavy atom.